The number of allylic oxidation sites excluding steroid dienone is 1. The third-order valence-electron chi connectivity index (χ3n) is 7.51. The number of nitrogens with zero attached hydrogens (tertiary/aromatic N) is 1. The summed E-state index contributed by atoms with van der Waals surface area (Å²) in [6, 6.07) is 4.95. The molecular formula is C33H48N6O6. The number of anilines is 1. The van der Waals surface area contributed by atoms with Crippen molar-refractivity contribution in [3.63, 3.8) is 0 Å². The van der Waals surface area contributed by atoms with Gasteiger partial charge in [0, 0.05) is 37.3 Å². The zero-order chi connectivity index (χ0) is 33.4. The summed E-state index contributed by atoms with van der Waals surface area (Å²) < 4.78 is 0. The number of rotatable bonds is 19. The van der Waals surface area contributed by atoms with Crippen LogP contribution >= 0.6 is 0 Å². The van der Waals surface area contributed by atoms with Gasteiger partial charge in [-0.2, -0.15) is 0 Å². The van der Waals surface area contributed by atoms with E-state index in [4.69, 9.17) is 5.73 Å². The molecule has 2 rings (SSSR count). The maximum Gasteiger partial charge on any atom is 0.312 e. The molecule has 0 saturated carbocycles. The minimum atomic E-state index is -0.929. The first-order valence-corrected chi connectivity index (χ1v) is 15.7. The van der Waals surface area contributed by atoms with E-state index in [-0.39, 0.29) is 43.0 Å². The van der Waals surface area contributed by atoms with Crippen molar-refractivity contribution < 1.29 is 28.8 Å². The average molecular weight is 625 g/mol. The van der Waals surface area contributed by atoms with E-state index in [9.17, 15) is 28.8 Å². The molecule has 0 aliphatic carbocycles. The molecule has 0 spiro atoms. The zero-order valence-electron chi connectivity index (χ0n) is 26.8. The molecule has 12 nitrogen and oxygen atoms in total. The van der Waals surface area contributed by atoms with Crippen molar-refractivity contribution in [2.24, 2.45) is 11.7 Å². The smallest absolute Gasteiger partial charge is 0.312 e. The van der Waals surface area contributed by atoms with Gasteiger partial charge in [0.15, 0.2) is 0 Å². The van der Waals surface area contributed by atoms with E-state index >= 15 is 0 Å². The number of benzene rings is 1. The Morgan fingerprint density at radius 1 is 0.867 bits per heavy atom. The Labute approximate surface area is 265 Å². The fourth-order valence-electron chi connectivity index (χ4n) is 4.79. The largest absolute Gasteiger partial charge is 0.352 e. The van der Waals surface area contributed by atoms with Crippen LogP contribution in [0.15, 0.2) is 42.0 Å². The van der Waals surface area contributed by atoms with Gasteiger partial charge < -0.3 is 27.0 Å². The molecule has 0 aromatic heterocycles. The Morgan fingerprint density at radius 2 is 1.51 bits per heavy atom. The van der Waals surface area contributed by atoms with Crippen LogP contribution in [0.25, 0.3) is 6.08 Å². The second-order valence-corrected chi connectivity index (χ2v) is 11.4. The number of nitrogens with two attached hydrogens (primary N) is 1. The van der Waals surface area contributed by atoms with E-state index in [1.54, 1.807) is 26.0 Å². The maximum absolute atomic E-state index is 13.3. The van der Waals surface area contributed by atoms with Crippen molar-refractivity contribution in [2.75, 3.05) is 18.4 Å². The van der Waals surface area contributed by atoms with Crippen LogP contribution in [0.2, 0.25) is 0 Å². The second-order valence-electron chi connectivity index (χ2n) is 11.4. The van der Waals surface area contributed by atoms with Crippen molar-refractivity contribution in [1.29, 1.82) is 0 Å². The maximum atomic E-state index is 13.3. The lowest BCUT2D eigenvalue weighted by molar-refractivity contribution is -0.137. The van der Waals surface area contributed by atoms with Gasteiger partial charge in [0.1, 0.15) is 12.1 Å². The Kier molecular flexibility index (Phi) is 15.5. The van der Waals surface area contributed by atoms with Crippen LogP contribution < -0.4 is 27.0 Å². The summed E-state index contributed by atoms with van der Waals surface area (Å²) in [5.74, 6) is -2.15. The van der Waals surface area contributed by atoms with Crippen molar-refractivity contribution in [3.8, 4) is 0 Å². The van der Waals surface area contributed by atoms with Crippen molar-refractivity contribution in [2.45, 2.75) is 91.1 Å². The van der Waals surface area contributed by atoms with Crippen LogP contribution in [0.1, 0.15) is 84.6 Å². The lowest BCUT2D eigenvalue weighted by atomic mass is 10.0. The molecule has 0 saturated heterocycles. The molecule has 0 radical (unpaired) electrons. The molecular weight excluding hydrogens is 576 g/mol. The van der Waals surface area contributed by atoms with E-state index in [0.717, 1.165) is 23.3 Å². The highest BCUT2D eigenvalue weighted by Gasteiger charge is 2.29. The number of carbonyl (C=O) groups excluding carboxylic acids is 6. The monoisotopic (exact) mass is 624 g/mol. The van der Waals surface area contributed by atoms with Crippen LogP contribution in [-0.2, 0) is 24.0 Å². The molecule has 0 bridgehead atoms. The molecule has 1 heterocycles. The lowest BCUT2D eigenvalue weighted by Crippen LogP contribution is -2.54. The van der Waals surface area contributed by atoms with Gasteiger partial charge >= 0.3 is 6.03 Å². The van der Waals surface area contributed by atoms with Gasteiger partial charge in [0.25, 0.3) is 11.8 Å². The minimum absolute atomic E-state index is 0.169. The number of carbonyl (C=O) groups is 6. The van der Waals surface area contributed by atoms with Gasteiger partial charge in [-0.05, 0) is 62.1 Å². The third-order valence-corrected chi connectivity index (χ3v) is 7.51. The number of amides is 7. The molecule has 1 aliphatic heterocycles. The first-order valence-electron chi connectivity index (χ1n) is 15.7. The Morgan fingerprint density at radius 3 is 2.09 bits per heavy atom. The van der Waals surface area contributed by atoms with Gasteiger partial charge in [0.05, 0.1) is 0 Å². The fraction of sp³-hybridized carbons (Fsp3) is 0.515. The minimum Gasteiger partial charge on any atom is -0.352 e. The summed E-state index contributed by atoms with van der Waals surface area (Å²) in [6.07, 6.45) is 9.02. The Hall–Kier alpha value is -4.48. The van der Waals surface area contributed by atoms with E-state index < -0.39 is 29.9 Å². The molecule has 7 amide bonds. The number of imide groups is 1. The van der Waals surface area contributed by atoms with Gasteiger partial charge in [0.2, 0.25) is 17.7 Å². The highest BCUT2D eigenvalue weighted by molar-refractivity contribution is 6.12. The van der Waals surface area contributed by atoms with Gasteiger partial charge in [-0.3, -0.25) is 28.9 Å². The first-order chi connectivity index (χ1) is 21.4. The van der Waals surface area contributed by atoms with Crippen molar-refractivity contribution in [3.05, 3.63) is 47.6 Å². The van der Waals surface area contributed by atoms with Crippen LogP contribution in [-0.4, -0.2) is 65.6 Å². The molecule has 0 unspecified atom stereocenters. The highest BCUT2D eigenvalue weighted by Crippen LogP contribution is 2.17. The number of unbranched alkanes of at least 4 members (excludes halogenated alkanes) is 2. The molecule has 0 fully saturated rings. The van der Waals surface area contributed by atoms with Crippen LogP contribution in [0.5, 0.6) is 0 Å². The third kappa shape index (κ3) is 13.0. The number of nitrogens with one attached hydrogen (secondary N) is 4. The number of primary amides is 1. The molecule has 246 valence electrons. The number of hydrogen-bond donors (Lipinski definition) is 5. The van der Waals surface area contributed by atoms with Crippen molar-refractivity contribution in [1.82, 2.24) is 20.9 Å². The highest BCUT2D eigenvalue weighted by atomic mass is 16.2. The summed E-state index contributed by atoms with van der Waals surface area (Å²) in [6.45, 7) is 8.34. The average Bonchev–Trinajstić information content (AvgIpc) is 3.32. The molecule has 45 heavy (non-hydrogen) atoms. The van der Waals surface area contributed by atoms with Crippen LogP contribution in [0, 0.1) is 5.92 Å². The summed E-state index contributed by atoms with van der Waals surface area (Å²) >= 11 is 0. The molecule has 12 heteroatoms. The normalized spacial score (nSPS) is 13.8. The van der Waals surface area contributed by atoms with E-state index in [1.165, 1.54) is 17.7 Å². The quantitative estimate of drug-likeness (QED) is 0.116. The molecule has 1 aliphatic rings. The molecule has 1 aromatic rings. The lowest BCUT2D eigenvalue weighted by Gasteiger charge is -2.25. The van der Waals surface area contributed by atoms with Gasteiger partial charge in [-0.25, -0.2) is 4.79 Å². The van der Waals surface area contributed by atoms with Crippen molar-refractivity contribution >= 4 is 47.3 Å². The van der Waals surface area contributed by atoms with Gasteiger partial charge in [-0.15, -0.1) is 0 Å². The summed E-state index contributed by atoms with van der Waals surface area (Å²) in [5, 5.41) is 10.9. The summed E-state index contributed by atoms with van der Waals surface area (Å²) in [5.41, 5.74) is 8.06. The predicted octanol–water partition coefficient (Wildman–Crippen LogP) is 3.39. The second kappa shape index (κ2) is 19.0. The first kappa shape index (κ1) is 36.7. The predicted molar refractivity (Wildman–Crippen MR) is 173 cm³/mol. The Bertz CT molecular complexity index is 1230. The zero-order valence-corrected chi connectivity index (χ0v) is 26.8. The molecule has 1 aromatic carbocycles. The topological polar surface area (TPSA) is 180 Å². The fourth-order valence-corrected chi connectivity index (χ4v) is 4.79. The standard InChI is InChI=1S/C33H48N6O6/c1-5-23(6-2)21-24-13-15-25(16-14-24)36-31(43)26(11-10-19-35-33(34)45)37-32(44)30(22(3)4)38-27(40)12-8-7-9-20-39-28(41)17-18-29(39)42/h13-18,21-22,26,30H,5-12,19-20H2,1-4H3,(H,36,43)(H,37,44)(H,38,40)(H3,34,35,45)/t26-,30-/m0/s1. The Balaban J connectivity index is 1.97. The van der Waals surface area contributed by atoms with Crippen LogP contribution in [0.4, 0.5) is 10.5 Å². The molecule has 6 N–H and O–H groups in total. The van der Waals surface area contributed by atoms with E-state index in [2.05, 4.69) is 41.2 Å². The van der Waals surface area contributed by atoms with E-state index in [1.807, 2.05) is 12.1 Å². The van der Waals surface area contributed by atoms with Crippen LogP contribution in [0.3, 0.4) is 0 Å². The number of hydrogen-bond acceptors (Lipinski definition) is 6. The summed E-state index contributed by atoms with van der Waals surface area (Å²) in [7, 11) is 0. The number of urea groups is 1. The summed E-state index contributed by atoms with van der Waals surface area (Å²) in [4.78, 5) is 74.9. The molecule has 2 atom stereocenters. The van der Waals surface area contributed by atoms with Gasteiger partial charge in [-0.1, -0.05) is 57.9 Å². The SMILES string of the molecule is CCC(=Cc1ccc(NC(=O)[C@H](CCCNC(N)=O)NC(=O)[C@@H](NC(=O)CCCCCN2C(=O)C=CC2=O)C(C)C)cc1)CC. The van der Waals surface area contributed by atoms with E-state index in [0.29, 0.717) is 37.9 Å².